The maximum atomic E-state index is 12.4. The lowest BCUT2D eigenvalue weighted by Crippen LogP contribution is -2.33. The van der Waals surface area contributed by atoms with E-state index in [4.69, 9.17) is 9.47 Å². The van der Waals surface area contributed by atoms with Crippen molar-refractivity contribution in [2.24, 2.45) is 5.92 Å². The third kappa shape index (κ3) is 8.07. The number of carboxylic acids is 1. The van der Waals surface area contributed by atoms with Gasteiger partial charge in [0.15, 0.2) is 0 Å². The minimum absolute atomic E-state index is 0.163. The molecular formula is C19H28O6P+. The number of benzene rings is 1. The first kappa shape index (κ1) is 22.3. The molecule has 6 nitrogen and oxygen atoms in total. The van der Waals surface area contributed by atoms with Gasteiger partial charge in [-0.3, -0.25) is 9.53 Å². The van der Waals surface area contributed by atoms with E-state index in [1.165, 1.54) is 5.56 Å². The van der Waals surface area contributed by atoms with E-state index in [2.05, 4.69) is 0 Å². The molecule has 1 N–H and O–H groups in total. The first-order valence-corrected chi connectivity index (χ1v) is 10.4. The summed E-state index contributed by atoms with van der Waals surface area (Å²) in [4.78, 5) is 22.9. The van der Waals surface area contributed by atoms with Gasteiger partial charge < -0.3 is 9.84 Å². The number of carbonyl (C=O) groups is 2. The Labute approximate surface area is 155 Å². The highest BCUT2D eigenvalue weighted by Gasteiger charge is 2.41. The van der Waals surface area contributed by atoms with E-state index < -0.39 is 31.9 Å². The number of hydrogen-bond acceptors (Lipinski definition) is 5. The predicted octanol–water partition coefficient (Wildman–Crippen LogP) is 4.20. The van der Waals surface area contributed by atoms with E-state index in [9.17, 15) is 19.3 Å². The summed E-state index contributed by atoms with van der Waals surface area (Å²) >= 11 is 0. The number of carboxylic acid groups (broad SMARTS) is 1. The Morgan fingerprint density at radius 3 is 2.35 bits per heavy atom. The number of unbranched alkanes of at least 4 members (excludes halogenated alkanes) is 1. The fourth-order valence-corrected chi connectivity index (χ4v) is 3.54. The summed E-state index contributed by atoms with van der Waals surface area (Å²) in [7, 11) is -2.11. The molecule has 144 valence electrons. The molecule has 26 heavy (non-hydrogen) atoms. The molecule has 0 aliphatic heterocycles. The Kier molecular flexibility index (Phi) is 10.1. The van der Waals surface area contributed by atoms with Crippen molar-refractivity contribution >= 4 is 19.7 Å². The number of rotatable bonds is 12. The monoisotopic (exact) mass is 383 g/mol. The van der Waals surface area contributed by atoms with Crippen LogP contribution in [0.5, 0.6) is 0 Å². The molecular weight excluding hydrogens is 355 g/mol. The molecule has 0 aliphatic carbocycles. The third-order valence-corrected chi connectivity index (χ3v) is 5.38. The lowest BCUT2D eigenvalue weighted by atomic mass is 10.1. The number of esters is 1. The van der Waals surface area contributed by atoms with E-state index in [0.29, 0.717) is 6.42 Å². The van der Waals surface area contributed by atoms with E-state index in [-0.39, 0.29) is 18.5 Å². The van der Waals surface area contributed by atoms with Crippen LogP contribution < -0.4 is 0 Å². The second kappa shape index (κ2) is 11.8. The smallest absolute Gasteiger partial charge is 0.384 e. The lowest BCUT2D eigenvalue weighted by Gasteiger charge is -2.21. The highest BCUT2D eigenvalue weighted by atomic mass is 31.1. The zero-order chi connectivity index (χ0) is 19.5. The minimum Gasteiger partial charge on any atom is -0.476 e. The lowest BCUT2D eigenvalue weighted by molar-refractivity contribution is -0.198. The summed E-state index contributed by atoms with van der Waals surface area (Å²) in [5.41, 5.74) is 1.19. The maximum Gasteiger partial charge on any atom is 0.384 e. The molecule has 0 saturated carbocycles. The molecule has 0 spiro atoms. The highest BCUT2D eigenvalue weighted by molar-refractivity contribution is 7.46. The fourth-order valence-electron chi connectivity index (χ4n) is 2.27. The van der Waals surface area contributed by atoms with Crippen molar-refractivity contribution in [2.75, 3.05) is 6.16 Å². The Bertz CT molecular complexity index is 587. The van der Waals surface area contributed by atoms with Crippen LogP contribution in [0, 0.1) is 5.92 Å². The predicted molar refractivity (Wildman–Crippen MR) is 99.4 cm³/mol. The molecule has 1 rings (SSSR count). The van der Waals surface area contributed by atoms with Gasteiger partial charge in [-0.05, 0) is 24.8 Å². The Morgan fingerprint density at radius 2 is 1.81 bits per heavy atom. The Morgan fingerprint density at radius 1 is 1.15 bits per heavy atom. The topological polar surface area (TPSA) is 89.9 Å². The van der Waals surface area contributed by atoms with Gasteiger partial charge in [0.25, 0.3) is 0 Å². The van der Waals surface area contributed by atoms with Crippen molar-refractivity contribution in [1.29, 1.82) is 0 Å². The first-order valence-electron chi connectivity index (χ1n) is 8.90. The molecule has 0 saturated heterocycles. The highest BCUT2D eigenvalue weighted by Crippen LogP contribution is 2.33. The number of aryl methyl sites for hydroxylation is 1. The van der Waals surface area contributed by atoms with Gasteiger partial charge >= 0.3 is 25.6 Å². The van der Waals surface area contributed by atoms with Gasteiger partial charge in [0, 0.05) is 12.3 Å². The van der Waals surface area contributed by atoms with Crippen LogP contribution in [0.1, 0.15) is 45.6 Å². The molecule has 0 fully saturated rings. The van der Waals surface area contributed by atoms with Gasteiger partial charge in [-0.15, -0.1) is 0 Å². The van der Waals surface area contributed by atoms with Crippen molar-refractivity contribution in [3.63, 3.8) is 0 Å². The molecule has 0 heterocycles. The van der Waals surface area contributed by atoms with Gasteiger partial charge in [0.1, 0.15) is 6.16 Å². The SMILES string of the molecule is CCC(=O)OC(OC(C(=O)O)[P+](=O)CCCCc1ccccc1)C(C)C. The average molecular weight is 383 g/mol. The molecule has 7 heteroatoms. The van der Waals surface area contributed by atoms with Crippen LogP contribution >= 0.6 is 7.80 Å². The number of hydrogen-bond donors (Lipinski definition) is 1. The van der Waals surface area contributed by atoms with Crippen molar-refractivity contribution in [2.45, 2.75) is 58.6 Å². The molecule has 0 radical (unpaired) electrons. The second-order valence-electron chi connectivity index (χ2n) is 6.37. The van der Waals surface area contributed by atoms with Crippen molar-refractivity contribution in [3.8, 4) is 0 Å². The zero-order valence-corrected chi connectivity index (χ0v) is 16.5. The van der Waals surface area contributed by atoms with Gasteiger partial charge in [-0.25, -0.2) is 4.79 Å². The summed E-state index contributed by atoms with van der Waals surface area (Å²) in [5, 5.41) is 9.35. The van der Waals surface area contributed by atoms with E-state index in [1.54, 1.807) is 20.8 Å². The molecule has 0 bridgehead atoms. The second-order valence-corrected chi connectivity index (χ2v) is 8.12. The summed E-state index contributed by atoms with van der Waals surface area (Å²) in [6, 6.07) is 9.93. The number of aliphatic carboxylic acids is 1. The summed E-state index contributed by atoms with van der Waals surface area (Å²) in [6.07, 6.45) is 1.70. The summed E-state index contributed by atoms with van der Waals surface area (Å²) < 4.78 is 22.9. The minimum atomic E-state index is -2.11. The van der Waals surface area contributed by atoms with E-state index in [0.717, 1.165) is 12.8 Å². The molecule has 0 aromatic heterocycles. The van der Waals surface area contributed by atoms with E-state index in [1.807, 2.05) is 30.3 Å². The van der Waals surface area contributed by atoms with Crippen LogP contribution in [0.2, 0.25) is 0 Å². The van der Waals surface area contributed by atoms with Crippen molar-refractivity contribution in [1.82, 2.24) is 0 Å². The van der Waals surface area contributed by atoms with Crippen LogP contribution in [0.25, 0.3) is 0 Å². The molecule has 0 aliphatic rings. The molecule has 0 amide bonds. The number of carbonyl (C=O) groups excluding carboxylic acids is 1. The van der Waals surface area contributed by atoms with Gasteiger partial charge in [0.05, 0.1) is 0 Å². The van der Waals surface area contributed by atoms with Crippen LogP contribution in [0.3, 0.4) is 0 Å². The summed E-state index contributed by atoms with van der Waals surface area (Å²) in [5.74, 6) is -3.49. The standard InChI is InChI=1S/C19H27O6P/c1-4-16(20)24-18(14(2)3)25-19(17(21)22)26(23)13-9-8-12-15-10-6-5-7-11-15/h5-7,10-11,14,18-19H,4,8-9,12-13H2,1-3H3/p+1. The van der Waals surface area contributed by atoms with Crippen LogP contribution in [0.4, 0.5) is 0 Å². The van der Waals surface area contributed by atoms with Gasteiger partial charge in [-0.1, -0.05) is 55.7 Å². The third-order valence-electron chi connectivity index (χ3n) is 3.75. The molecule has 1 aromatic carbocycles. The van der Waals surface area contributed by atoms with Gasteiger partial charge in [-0.2, -0.15) is 0 Å². The zero-order valence-electron chi connectivity index (χ0n) is 15.6. The molecule has 1 aromatic rings. The number of ether oxygens (including phenoxy) is 2. The van der Waals surface area contributed by atoms with E-state index >= 15 is 0 Å². The van der Waals surface area contributed by atoms with Crippen LogP contribution in [0.15, 0.2) is 30.3 Å². The largest absolute Gasteiger partial charge is 0.476 e. The van der Waals surface area contributed by atoms with Crippen molar-refractivity contribution < 1.29 is 28.7 Å². The average Bonchev–Trinajstić information content (AvgIpc) is 2.62. The van der Waals surface area contributed by atoms with Crippen molar-refractivity contribution in [3.05, 3.63) is 35.9 Å². The Balaban J connectivity index is 2.54. The van der Waals surface area contributed by atoms with Crippen LogP contribution in [-0.2, 0) is 30.0 Å². The normalized spacial score (nSPS) is 13.9. The van der Waals surface area contributed by atoms with Gasteiger partial charge in [0.2, 0.25) is 6.29 Å². The van der Waals surface area contributed by atoms with Crippen LogP contribution in [-0.4, -0.2) is 35.3 Å². The molecule has 3 atom stereocenters. The maximum absolute atomic E-state index is 12.4. The molecule has 3 unspecified atom stereocenters. The fraction of sp³-hybridized carbons (Fsp3) is 0.579. The summed E-state index contributed by atoms with van der Waals surface area (Å²) in [6.45, 7) is 5.14. The quantitative estimate of drug-likeness (QED) is 0.252. The first-order chi connectivity index (χ1) is 12.3. The Hall–Kier alpha value is -1.78.